The highest BCUT2D eigenvalue weighted by Crippen LogP contribution is 2.15. The second kappa shape index (κ2) is 10.1. The first kappa shape index (κ1) is 21.6. The van der Waals surface area contributed by atoms with Crippen LogP contribution in [0, 0.1) is 6.92 Å². The molecule has 0 saturated carbocycles. The Balaban J connectivity index is 1.51. The summed E-state index contributed by atoms with van der Waals surface area (Å²) in [5, 5.41) is 0. The van der Waals surface area contributed by atoms with E-state index in [4.69, 9.17) is 4.74 Å². The van der Waals surface area contributed by atoms with Crippen molar-refractivity contribution in [1.29, 1.82) is 0 Å². The van der Waals surface area contributed by atoms with Crippen molar-refractivity contribution >= 4 is 17.6 Å². The number of Topliss-reactive ketones (excluding diaryl/α,β-unsaturated/α-hetero) is 1. The Kier molecular flexibility index (Phi) is 7.22. The van der Waals surface area contributed by atoms with Crippen LogP contribution in [0.2, 0.25) is 0 Å². The normalized spacial score (nSPS) is 14.2. The van der Waals surface area contributed by atoms with Gasteiger partial charge in [0, 0.05) is 50.1 Å². The highest BCUT2D eigenvalue weighted by atomic mass is 16.5. The lowest BCUT2D eigenvalue weighted by molar-refractivity contribution is -0.131. The van der Waals surface area contributed by atoms with Gasteiger partial charge in [0.05, 0.1) is 7.11 Å². The first-order valence-electron chi connectivity index (χ1n) is 10.3. The number of carbonyl (C=O) groups excluding carboxylic acids is 3. The third kappa shape index (κ3) is 5.47. The standard InChI is InChI=1S/C24H28N2O4/c1-18-4-6-19(7-5-18)22(27)12-13-23(28)25-14-3-15-26(17-16-25)24(29)20-8-10-21(30-2)11-9-20/h4-11H,3,12-17H2,1-2H3. The maximum Gasteiger partial charge on any atom is 0.253 e. The van der Waals surface area contributed by atoms with Gasteiger partial charge in [-0.3, -0.25) is 14.4 Å². The summed E-state index contributed by atoms with van der Waals surface area (Å²) in [6.45, 7) is 4.16. The molecule has 0 aliphatic carbocycles. The molecule has 0 N–H and O–H groups in total. The molecule has 0 radical (unpaired) electrons. The first-order valence-corrected chi connectivity index (χ1v) is 10.3. The summed E-state index contributed by atoms with van der Waals surface area (Å²) < 4.78 is 5.13. The van der Waals surface area contributed by atoms with Gasteiger partial charge in [0.1, 0.15) is 5.75 Å². The van der Waals surface area contributed by atoms with Crippen molar-refractivity contribution < 1.29 is 19.1 Å². The molecule has 0 atom stereocenters. The van der Waals surface area contributed by atoms with Crippen molar-refractivity contribution in [3.63, 3.8) is 0 Å². The van der Waals surface area contributed by atoms with E-state index in [9.17, 15) is 14.4 Å². The number of nitrogens with zero attached hydrogens (tertiary/aromatic N) is 2. The molecule has 6 nitrogen and oxygen atoms in total. The van der Waals surface area contributed by atoms with Crippen LogP contribution >= 0.6 is 0 Å². The van der Waals surface area contributed by atoms with Gasteiger partial charge >= 0.3 is 0 Å². The van der Waals surface area contributed by atoms with E-state index in [1.165, 1.54) is 0 Å². The minimum Gasteiger partial charge on any atom is -0.497 e. The van der Waals surface area contributed by atoms with E-state index in [0.717, 1.165) is 12.0 Å². The zero-order chi connectivity index (χ0) is 21.5. The minimum atomic E-state index is -0.0403. The fraction of sp³-hybridized carbons (Fsp3) is 0.375. The molecule has 2 aromatic rings. The van der Waals surface area contributed by atoms with Gasteiger partial charge < -0.3 is 14.5 Å². The van der Waals surface area contributed by atoms with E-state index in [-0.39, 0.29) is 30.4 Å². The largest absolute Gasteiger partial charge is 0.497 e. The molecule has 2 amide bonds. The number of ketones is 1. The lowest BCUT2D eigenvalue weighted by Crippen LogP contribution is -2.37. The molecule has 3 rings (SSSR count). The van der Waals surface area contributed by atoms with E-state index in [1.807, 2.05) is 19.1 Å². The van der Waals surface area contributed by atoms with Crippen LogP contribution in [-0.4, -0.2) is 60.7 Å². The van der Waals surface area contributed by atoms with E-state index >= 15 is 0 Å². The van der Waals surface area contributed by atoms with Crippen LogP contribution in [-0.2, 0) is 4.79 Å². The Morgan fingerprint density at radius 1 is 0.800 bits per heavy atom. The zero-order valence-electron chi connectivity index (χ0n) is 17.6. The number of ether oxygens (including phenoxy) is 1. The number of rotatable bonds is 6. The van der Waals surface area contributed by atoms with Crippen molar-refractivity contribution in [3.05, 3.63) is 65.2 Å². The third-order valence-corrected chi connectivity index (χ3v) is 5.41. The van der Waals surface area contributed by atoms with E-state index in [2.05, 4.69) is 0 Å². The number of hydrogen-bond acceptors (Lipinski definition) is 4. The monoisotopic (exact) mass is 408 g/mol. The van der Waals surface area contributed by atoms with Gasteiger partial charge in [-0.15, -0.1) is 0 Å². The van der Waals surface area contributed by atoms with Gasteiger partial charge in [0.25, 0.3) is 5.91 Å². The van der Waals surface area contributed by atoms with Crippen molar-refractivity contribution in [2.75, 3.05) is 33.3 Å². The van der Waals surface area contributed by atoms with E-state index in [0.29, 0.717) is 43.1 Å². The van der Waals surface area contributed by atoms with Crippen LogP contribution in [0.4, 0.5) is 0 Å². The summed E-state index contributed by atoms with van der Waals surface area (Å²) in [5.41, 5.74) is 2.35. The molecule has 0 bridgehead atoms. The number of methoxy groups -OCH3 is 1. The van der Waals surface area contributed by atoms with Crippen molar-refractivity contribution in [2.45, 2.75) is 26.2 Å². The first-order chi connectivity index (χ1) is 14.5. The van der Waals surface area contributed by atoms with Gasteiger partial charge in [-0.25, -0.2) is 0 Å². The molecule has 1 saturated heterocycles. The summed E-state index contributed by atoms with van der Waals surface area (Å²) >= 11 is 0. The van der Waals surface area contributed by atoms with E-state index in [1.54, 1.807) is 53.3 Å². The predicted molar refractivity (Wildman–Crippen MR) is 115 cm³/mol. The predicted octanol–water partition coefficient (Wildman–Crippen LogP) is 3.34. The lowest BCUT2D eigenvalue weighted by Gasteiger charge is -2.22. The third-order valence-electron chi connectivity index (χ3n) is 5.41. The van der Waals surface area contributed by atoms with Crippen LogP contribution in [0.3, 0.4) is 0 Å². The smallest absolute Gasteiger partial charge is 0.253 e. The highest BCUT2D eigenvalue weighted by Gasteiger charge is 2.23. The van der Waals surface area contributed by atoms with Crippen LogP contribution in [0.25, 0.3) is 0 Å². The fourth-order valence-corrected chi connectivity index (χ4v) is 3.55. The van der Waals surface area contributed by atoms with Crippen molar-refractivity contribution in [1.82, 2.24) is 9.80 Å². The second-order valence-electron chi connectivity index (χ2n) is 7.54. The van der Waals surface area contributed by atoms with Gasteiger partial charge in [-0.2, -0.15) is 0 Å². The summed E-state index contributed by atoms with van der Waals surface area (Å²) in [4.78, 5) is 41.3. The average molecular weight is 408 g/mol. The molecule has 6 heteroatoms. The Hall–Kier alpha value is -3.15. The second-order valence-corrected chi connectivity index (χ2v) is 7.54. The molecule has 1 aliphatic rings. The van der Waals surface area contributed by atoms with Crippen LogP contribution < -0.4 is 4.74 Å². The van der Waals surface area contributed by atoms with Crippen molar-refractivity contribution in [2.24, 2.45) is 0 Å². The lowest BCUT2D eigenvalue weighted by atomic mass is 10.0. The molecule has 0 spiro atoms. The van der Waals surface area contributed by atoms with Gasteiger partial charge in [-0.1, -0.05) is 29.8 Å². The number of aryl methyl sites for hydroxylation is 1. The molecule has 2 aromatic carbocycles. The summed E-state index contributed by atoms with van der Waals surface area (Å²) in [5.74, 6) is 0.615. The Morgan fingerprint density at radius 3 is 2.07 bits per heavy atom. The molecular formula is C24H28N2O4. The maximum atomic E-state index is 12.8. The van der Waals surface area contributed by atoms with Crippen molar-refractivity contribution in [3.8, 4) is 5.75 Å². The Bertz CT molecular complexity index is 890. The SMILES string of the molecule is COc1ccc(C(=O)N2CCCN(C(=O)CCC(=O)c3ccc(C)cc3)CC2)cc1. The summed E-state index contributed by atoms with van der Waals surface area (Å²) in [7, 11) is 1.59. The molecule has 0 aromatic heterocycles. The number of amides is 2. The molecule has 1 aliphatic heterocycles. The van der Waals surface area contributed by atoms with Crippen LogP contribution in [0.5, 0.6) is 5.75 Å². The maximum absolute atomic E-state index is 12.8. The number of carbonyl (C=O) groups is 3. The van der Waals surface area contributed by atoms with Crippen LogP contribution in [0.1, 0.15) is 45.5 Å². The highest BCUT2D eigenvalue weighted by molar-refractivity contribution is 5.98. The topological polar surface area (TPSA) is 66.9 Å². The van der Waals surface area contributed by atoms with Gasteiger partial charge in [0.2, 0.25) is 5.91 Å². The number of hydrogen-bond donors (Lipinski definition) is 0. The molecular weight excluding hydrogens is 380 g/mol. The number of benzene rings is 2. The van der Waals surface area contributed by atoms with Gasteiger partial charge in [0.15, 0.2) is 5.78 Å². The van der Waals surface area contributed by atoms with Crippen LogP contribution in [0.15, 0.2) is 48.5 Å². The molecule has 0 unspecified atom stereocenters. The molecule has 30 heavy (non-hydrogen) atoms. The quantitative estimate of drug-likeness (QED) is 0.688. The van der Waals surface area contributed by atoms with Gasteiger partial charge in [-0.05, 0) is 37.6 Å². The Morgan fingerprint density at radius 2 is 1.40 bits per heavy atom. The Labute approximate surface area is 177 Å². The summed E-state index contributed by atoms with van der Waals surface area (Å²) in [6.07, 6.45) is 1.12. The molecule has 1 heterocycles. The fourth-order valence-electron chi connectivity index (χ4n) is 3.55. The average Bonchev–Trinajstić information content (AvgIpc) is 3.03. The zero-order valence-corrected chi connectivity index (χ0v) is 17.6. The van der Waals surface area contributed by atoms with E-state index < -0.39 is 0 Å². The minimum absolute atomic E-state index is 0.0190. The summed E-state index contributed by atoms with van der Waals surface area (Å²) in [6, 6.07) is 14.5. The molecule has 1 fully saturated rings. The molecule has 158 valence electrons.